The lowest BCUT2D eigenvalue weighted by Crippen LogP contribution is -2.50. The molecule has 3 fully saturated rings. The molecule has 1 N–H and O–H groups in total. The number of hydrogen-bond acceptors (Lipinski definition) is 4. The van der Waals surface area contributed by atoms with Crippen LogP contribution in [0.15, 0.2) is 0 Å². The van der Waals surface area contributed by atoms with Crippen molar-refractivity contribution in [2.75, 3.05) is 0 Å². The number of aliphatic hydroxyl groups is 1. The van der Waals surface area contributed by atoms with Crippen LogP contribution in [0.3, 0.4) is 0 Å². The fourth-order valence-electron chi connectivity index (χ4n) is 4.23. The number of esters is 1. The summed E-state index contributed by atoms with van der Waals surface area (Å²) in [5.41, 5.74) is -2.13. The molecule has 0 amide bonds. The zero-order valence-electron chi connectivity index (χ0n) is 13.6. The van der Waals surface area contributed by atoms with Crippen LogP contribution in [0.25, 0.3) is 0 Å². The quantitative estimate of drug-likeness (QED) is 0.804. The van der Waals surface area contributed by atoms with Crippen LogP contribution in [0, 0.1) is 17.3 Å². The molecule has 2 aliphatic carbocycles. The second-order valence-electron chi connectivity index (χ2n) is 7.85. The van der Waals surface area contributed by atoms with Crippen LogP contribution < -0.4 is 0 Å². The van der Waals surface area contributed by atoms with E-state index in [9.17, 15) is 23.1 Å². The standard InChI is InChI=1S/C16H23F3O4/c1-4-13(2,3)12(20)23-14-8-15(21,16(17,18)19)22-11(14)9-5-6-10(14)7-9/h9-11,21H,4-8H2,1-3H3. The minimum Gasteiger partial charge on any atom is -0.455 e. The van der Waals surface area contributed by atoms with Crippen molar-refractivity contribution in [2.45, 2.75) is 76.5 Å². The van der Waals surface area contributed by atoms with Gasteiger partial charge in [0.25, 0.3) is 5.79 Å². The van der Waals surface area contributed by atoms with Gasteiger partial charge in [0.05, 0.1) is 11.8 Å². The average Bonchev–Trinajstić information content (AvgIpc) is 3.07. The third-order valence-electron chi connectivity index (χ3n) is 6.07. The predicted octanol–water partition coefficient (Wildman–Crippen LogP) is 3.17. The predicted molar refractivity (Wildman–Crippen MR) is 74.2 cm³/mol. The largest absolute Gasteiger partial charge is 0.455 e. The third kappa shape index (κ3) is 2.30. The number of rotatable bonds is 3. The third-order valence-corrected chi connectivity index (χ3v) is 6.07. The van der Waals surface area contributed by atoms with Crippen molar-refractivity contribution in [2.24, 2.45) is 17.3 Å². The summed E-state index contributed by atoms with van der Waals surface area (Å²) in [7, 11) is 0. The molecule has 5 unspecified atom stereocenters. The molecule has 7 heteroatoms. The van der Waals surface area contributed by atoms with Gasteiger partial charge in [-0.2, -0.15) is 13.2 Å². The minimum atomic E-state index is -4.91. The summed E-state index contributed by atoms with van der Waals surface area (Å²) in [6.07, 6.45) is -3.83. The smallest absolute Gasteiger partial charge is 0.443 e. The van der Waals surface area contributed by atoms with E-state index in [2.05, 4.69) is 0 Å². The van der Waals surface area contributed by atoms with Crippen LogP contribution in [0.2, 0.25) is 0 Å². The molecule has 2 saturated carbocycles. The molecular weight excluding hydrogens is 313 g/mol. The number of fused-ring (bicyclic) bond motifs is 5. The van der Waals surface area contributed by atoms with Gasteiger partial charge in [-0.15, -0.1) is 0 Å². The summed E-state index contributed by atoms with van der Waals surface area (Å²) in [4.78, 5) is 12.5. The van der Waals surface area contributed by atoms with E-state index >= 15 is 0 Å². The van der Waals surface area contributed by atoms with Crippen LogP contribution in [0.5, 0.6) is 0 Å². The van der Waals surface area contributed by atoms with E-state index in [1.807, 2.05) is 6.92 Å². The van der Waals surface area contributed by atoms with Gasteiger partial charge in [0.2, 0.25) is 0 Å². The van der Waals surface area contributed by atoms with Crippen LogP contribution in [0.4, 0.5) is 13.2 Å². The summed E-state index contributed by atoms with van der Waals surface area (Å²) in [5.74, 6) is -4.01. The fourth-order valence-corrected chi connectivity index (χ4v) is 4.23. The van der Waals surface area contributed by atoms with Crippen molar-refractivity contribution in [3.8, 4) is 0 Å². The molecule has 0 aromatic rings. The minimum absolute atomic E-state index is 0.0890. The second kappa shape index (κ2) is 4.85. The zero-order valence-corrected chi connectivity index (χ0v) is 13.6. The Hall–Kier alpha value is -0.820. The molecule has 1 heterocycles. The maximum absolute atomic E-state index is 13.2. The van der Waals surface area contributed by atoms with E-state index in [0.717, 1.165) is 6.42 Å². The number of carbonyl (C=O) groups excluding carboxylic acids is 1. The average molecular weight is 336 g/mol. The Morgan fingerprint density at radius 1 is 1.35 bits per heavy atom. The summed E-state index contributed by atoms with van der Waals surface area (Å²) < 4.78 is 50.4. The van der Waals surface area contributed by atoms with Gasteiger partial charge in [-0.3, -0.25) is 4.79 Å². The van der Waals surface area contributed by atoms with Crippen molar-refractivity contribution >= 4 is 5.97 Å². The monoisotopic (exact) mass is 336 g/mol. The first-order valence-corrected chi connectivity index (χ1v) is 8.15. The van der Waals surface area contributed by atoms with E-state index in [1.54, 1.807) is 13.8 Å². The molecule has 2 bridgehead atoms. The Kier molecular flexibility index (Phi) is 3.59. The molecule has 3 aliphatic rings. The highest BCUT2D eigenvalue weighted by atomic mass is 19.4. The fraction of sp³-hybridized carbons (Fsp3) is 0.938. The molecule has 0 aromatic heterocycles. The van der Waals surface area contributed by atoms with Gasteiger partial charge in [-0.25, -0.2) is 0 Å². The van der Waals surface area contributed by atoms with Crippen molar-refractivity contribution in [3.63, 3.8) is 0 Å². The Morgan fingerprint density at radius 3 is 2.57 bits per heavy atom. The van der Waals surface area contributed by atoms with E-state index in [1.165, 1.54) is 0 Å². The summed E-state index contributed by atoms with van der Waals surface area (Å²) in [6.45, 7) is 5.24. The Labute approximate surface area is 133 Å². The van der Waals surface area contributed by atoms with Crippen LogP contribution in [-0.2, 0) is 14.3 Å². The van der Waals surface area contributed by atoms with E-state index in [0.29, 0.717) is 19.3 Å². The highest BCUT2D eigenvalue weighted by Gasteiger charge is 2.75. The van der Waals surface area contributed by atoms with Gasteiger partial charge in [-0.05, 0) is 45.4 Å². The second-order valence-corrected chi connectivity index (χ2v) is 7.85. The van der Waals surface area contributed by atoms with E-state index < -0.39 is 41.5 Å². The molecule has 0 spiro atoms. The van der Waals surface area contributed by atoms with Gasteiger partial charge in [0, 0.05) is 5.92 Å². The van der Waals surface area contributed by atoms with Gasteiger partial charge >= 0.3 is 12.1 Å². The van der Waals surface area contributed by atoms with Crippen molar-refractivity contribution in [3.05, 3.63) is 0 Å². The topological polar surface area (TPSA) is 55.8 Å². The Bertz CT molecular complexity index is 518. The molecule has 132 valence electrons. The normalized spacial score (nSPS) is 42.8. The van der Waals surface area contributed by atoms with Crippen molar-refractivity contribution < 1.29 is 32.5 Å². The number of halogens is 3. The van der Waals surface area contributed by atoms with Crippen LogP contribution >= 0.6 is 0 Å². The molecule has 4 nitrogen and oxygen atoms in total. The molecule has 1 aliphatic heterocycles. The van der Waals surface area contributed by atoms with Gasteiger partial charge in [0.1, 0.15) is 11.7 Å². The first-order valence-electron chi connectivity index (χ1n) is 8.15. The lowest BCUT2D eigenvalue weighted by molar-refractivity contribution is -0.359. The maximum Gasteiger partial charge on any atom is 0.443 e. The molecule has 3 rings (SSSR count). The van der Waals surface area contributed by atoms with Crippen LogP contribution in [-0.4, -0.2) is 34.7 Å². The Balaban J connectivity index is 1.93. The van der Waals surface area contributed by atoms with E-state index in [-0.39, 0.29) is 11.8 Å². The molecular formula is C16H23F3O4. The molecule has 5 atom stereocenters. The summed E-state index contributed by atoms with van der Waals surface area (Å²) in [5, 5.41) is 10.00. The lowest BCUT2D eigenvalue weighted by Gasteiger charge is -2.39. The van der Waals surface area contributed by atoms with Crippen LogP contribution in [0.1, 0.15) is 52.9 Å². The van der Waals surface area contributed by atoms with Gasteiger partial charge < -0.3 is 14.6 Å². The number of alkyl halides is 3. The highest BCUT2D eigenvalue weighted by molar-refractivity contribution is 5.76. The summed E-state index contributed by atoms with van der Waals surface area (Å²) in [6, 6.07) is 0. The summed E-state index contributed by atoms with van der Waals surface area (Å²) >= 11 is 0. The number of hydrogen-bond donors (Lipinski definition) is 1. The zero-order chi connectivity index (χ0) is 17.3. The molecule has 0 aromatic carbocycles. The SMILES string of the molecule is CCC(C)(C)C(=O)OC12CC(O)(C(F)(F)F)OC1C1CCC2C1. The first-order chi connectivity index (χ1) is 10.5. The van der Waals surface area contributed by atoms with Gasteiger partial charge in [-0.1, -0.05) is 6.92 Å². The number of ether oxygens (including phenoxy) is 2. The molecule has 23 heavy (non-hydrogen) atoms. The number of carbonyl (C=O) groups is 1. The first kappa shape index (κ1) is 17.0. The van der Waals surface area contributed by atoms with E-state index in [4.69, 9.17) is 9.47 Å². The lowest BCUT2D eigenvalue weighted by atomic mass is 9.79. The van der Waals surface area contributed by atoms with Crippen molar-refractivity contribution in [1.82, 2.24) is 0 Å². The van der Waals surface area contributed by atoms with Gasteiger partial charge in [0.15, 0.2) is 0 Å². The molecule has 1 saturated heterocycles. The molecule has 0 radical (unpaired) electrons. The van der Waals surface area contributed by atoms with Crippen molar-refractivity contribution in [1.29, 1.82) is 0 Å². The highest BCUT2D eigenvalue weighted by Crippen LogP contribution is 2.63. The Morgan fingerprint density at radius 2 is 2.00 bits per heavy atom. The maximum atomic E-state index is 13.2.